The molecule has 1 fully saturated rings. The summed E-state index contributed by atoms with van der Waals surface area (Å²) >= 11 is 0. The standard InChI is InChI=1S/C10H20N2O2.ClH/c1-4-9(14-3)10(13)12-6-5-11-8(2)7-12;/h8-9,11H,4-7H2,1-3H3;1H/t8-,9?;/m1./s1. The van der Waals surface area contributed by atoms with Crippen LogP contribution in [-0.4, -0.2) is 49.7 Å². The van der Waals surface area contributed by atoms with Crippen molar-refractivity contribution in [3.63, 3.8) is 0 Å². The first-order valence-corrected chi connectivity index (χ1v) is 5.24. The smallest absolute Gasteiger partial charge is 0.251 e. The summed E-state index contributed by atoms with van der Waals surface area (Å²) in [6.45, 7) is 6.53. The lowest BCUT2D eigenvalue weighted by molar-refractivity contribution is -0.143. The molecule has 15 heavy (non-hydrogen) atoms. The fraction of sp³-hybridized carbons (Fsp3) is 0.900. The molecule has 0 aromatic rings. The Hall–Kier alpha value is -0.320. The summed E-state index contributed by atoms with van der Waals surface area (Å²) in [6.07, 6.45) is 0.480. The maximum atomic E-state index is 11.9. The number of hydrogen-bond donors (Lipinski definition) is 1. The van der Waals surface area contributed by atoms with Crippen LogP contribution in [0.4, 0.5) is 0 Å². The molecular formula is C10H21ClN2O2. The average molecular weight is 237 g/mol. The molecule has 1 heterocycles. The third kappa shape index (κ3) is 3.97. The van der Waals surface area contributed by atoms with E-state index >= 15 is 0 Å². The summed E-state index contributed by atoms with van der Waals surface area (Å²) in [5.74, 6) is 0.128. The Morgan fingerprint density at radius 2 is 2.33 bits per heavy atom. The minimum absolute atomic E-state index is 0. The Bertz CT molecular complexity index is 198. The summed E-state index contributed by atoms with van der Waals surface area (Å²) in [7, 11) is 1.59. The van der Waals surface area contributed by atoms with Gasteiger partial charge in [0.2, 0.25) is 0 Å². The van der Waals surface area contributed by atoms with E-state index in [4.69, 9.17) is 4.74 Å². The molecule has 1 rings (SSSR count). The van der Waals surface area contributed by atoms with E-state index in [9.17, 15) is 4.79 Å². The molecule has 2 atom stereocenters. The molecule has 0 aliphatic carbocycles. The van der Waals surface area contributed by atoms with Gasteiger partial charge < -0.3 is 15.0 Å². The largest absolute Gasteiger partial charge is 0.372 e. The first-order chi connectivity index (χ1) is 6.69. The molecule has 1 N–H and O–H groups in total. The van der Waals surface area contributed by atoms with Crippen LogP contribution in [-0.2, 0) is 9.53 Å². The van der Waals surface area contributed by atoms with Crippen molar-refractivity contribution in [2.45, 2.75) is 32.4 Å². The fourth-order valence-corrected chi connectivity index (χ4v) is 1.78. The summed E-state index contributed by atoms with van der Waals surface area (Å²) in [5, 5.41) is 3.31. The number of hydrogen-bond acceptors (Lipinski definition) is 3. The number of amides is 1. The number of ether oxygens (including phenoxy) is 1. The second-order valence-corrected chi connectivity index (χ2v) is 3.77. The SMILES string of the molecule is CCC(OC)C(=O)N1CCN[C@H](C)C1.Cl. The van der Waals surface area contributed by atoms with E-state index in [1.165, 1.54) is 0 Å². The van der Waals surface area contributed by atoms with Crippen LogP contribution in [0.3, 0.4) is 0 Å². The first-order valence-electron chi connectivity index (χ1n) is 5.24. The molecule has 1 amide bonds. The Balaban J connectivity index is 0.00000196. The van der Waals surface area contributed by atoms with Gasteiger partial charge in [-0.25, -0.2) is 0 Å². The van der Waals surface area contributed by atoms with Gasteiger partial charge in [-0.15, -0.1) is 12.4 Å². The minimum Gasteiger partial charge on any atom is -0.372 e. The zero-order valence-corrected chi connectivity index (χ0v) is 10.5. The summed E-state index contributed by atoms with van der Waals surface area (Å²) in [6, 6.07) is 0.391. The van der Waals surface area contributed by atoms with Gasteiger partial charge in [0.25, 0.3) is 5.91 Å². The van der Waals surface area contributed by atoms with Crippen LogP contribution in [0.2, 0.25) is 0 Å². The summed E-state index contributed by atoms with van der Waals surface area (Å²) in [4.78, 5) is 13.8. The van der Waals surface area contributed by atoms with E-state index in [1.807, 2.05) is 11.8 Å². The maximum absolute atomic E-state index is 11.9. The molecule has 1 aliphatic rings. The summed E-state index contributed by atoms with van der Waals surface area (Å²) < 4.78 is 5.14. The minimum atomic E-state index is -0.264. The van der Waals surface area contributed by atoms with Crippen LogP contribution in [0, 0.1) is 0 Å². The van der Waals surface area contributed by atoms with Crippen molar-refractivity contribution in [3.05, 3.63) is 0 Å². The van der Waals surface area contributed by atoms with Gasteiger partial charge >= 0.3 is 0 Å². The third-order valence-corrected chi connectivity index (χ3v) is 2.61. The van der Waals surface area contributed by atoms with Crippen LogP contribution in [0.25, 0.3) is 0 Å². The van der Waals surface area contributed by atoms with Crippen molar-refractivity contribution in [3.8, 4) is 0 Å². The molecule has 1 aliphatic heterocycles. The van der Waals surface area contributed by atoms with Crippen molar-refractivity contribution >= 4 is 18.3 Å². The van der Waals surface area contributed by atoms with E-state index in [0.29, 0.717) is 6.04 Å². The van der Waals surface area contributed by atoms with Gasteiger partial charge in [0.05, 0.1) is 0 Å². The predicted octanol–water partition coefficient (Wildman–Crippen LogP) is 0.654. The highest BCUT2D eigenvalue weighted by Gasteiger charge is 2.25. The Labute approximate surface area is 97.8 Å². The number of nitrogens with zero attached hydrogens (tertiary/aromatic N) is 1. The second kappa shape index (κ2) is 7.04. The van der Waals surface area contributed by atoms with Crippen molar-refractivity contribution in [2.75, 3.05) is 26.7 Å². The second-order valence-electron chi connectivity index (χ2n) is 3.77. The lowest BCUT2D eigenvalue weighted by Crippen LogP contribution is -2.53. The molecule has 0 spiro atoms. The van der Waals surface area contributed by atoms with Gasteiger partial charge in [-0.2, -0.15) is 0 Å². The number of methoxy groups -OCH3 is 1. The van der Waals surface area contributed by atoms with E-state index in [1.54, 1.807) is 7.11 Å². The third-order valence-electron chi connectivity index (χ3n) is 2.61. The van der Waals surface area contributed by atoms with Crippen LogP contribution in [0.15, 0.2) is 0 Å². The van der Waals surface area contributed by atoms with E-state index < -0.39 is 0 Å². The molecule has 0 aromatic carbocycles. The van der Waals surface area contributed by atoms with Gasteiger partial charge in [0.1, 0.15) is 6.10 Å². The van der Waals surface area contributed by atoms with Gasteiger partial charge in [-0.05, 0) is 13.3 Å². The van der Waals surface area contributed by atoms with E-state index in [2.05, 4.69) is 12.2 Å². The van der Waals surface area contributed by atoms with Crippen LogP contribution in [0.5, 0.6) is 0 Å². The predicted molar refractivity (Wildman–Crippen MR) is 62.4 cm³/mol. The highest BCUT2D eigenvalue weighted by molar-refractivity contribution is 5.85. The number of carbonyl (C=O) groups is 1. The van der Waals surface area contributed by atoms with Crippen molar-refractivity contribution in [1.82, 2.24) is 10.2 Å². The summed E-state index contributed by atoms with van der Waals surface area (Å²) in [5.41, 5.74) is 0. The molecule has 5 heteroatoms. The highest BCUT2D eigenvalue weighted by atomic mass is 35.5. The number of carbonyl (C=O) groups excluding carboxylic acids is 1. The molecule has 0 bridgehead atoms. The number of rotatable bonds is 3. The zero-order chi connectivity index (χ0) is 10.6. The number of piperazine rings is 1. The molecule has 0 radical (unpaired) electrons. The molecule has 0 saturated carbocycles. The van der Waals surface area contributed by atoms with Crippen LogP contribution < -0.4 is 5.32 Å². The lowest BCUT2D eigenvalue weighted by Gasteiger charge is -2.33. The normalized spacial score (nSPS) is 23.1. The van der Waals surface area contributed by atoms with Crippen molar-refractivity contribution in [1.29, 1.82) is 0 Å². The topological polar surface area (TPSA) is 41.6 Å². The average Bonchev–Trinajstić information content (AvgIpc) is 2.19. The van der Waals surface area contributed by atoms with Gasteiger partial charge in [0.15, 0.2) is 0 Å². The van der Waals surface area contributed by atoms with Crippen LogP contribution in [0.1, 0.15) is 20.3 Å². The molecule has 0 aromatic heterocycles. The van der Waals surface area contributed by atoms with Gasteiger partial charge in [0, 0.05) is 32.8 Å². The van der Waals surface area contributed by atoms with Crippen molar-refractivity contribution in [2.24, 2.45) is 0 Å². The van der Waals surface area contributed by atoms with E-state index in [0.717, 1.165) is 26.1 Å². The fourth-order valence-electron chi connectivity index (χ4n) is 1.78. The lowest BCUT2D eigenvalue weighted by atomic mass is 10.2. The molecule has 1 saturated heterocycles. The monoisotopic (exact) mass is 236 g/mol. The van der Waals surface area contributed by atoms with Gasteiger partial charge in [-0.3, -0.25) is 4.79 Å². The molecule has 1 unspecified atom stereocenters. The Kier molecular flexibility index (Phi) is 6.89. The maximum Gasteiger partial charge on any atom is 0.251 e. The van der Waals surface area contributed by atoms with Crippen LogP contribution >= 0.6 is 12.4 Å². The number of nitrogens with one attached hydrogen (secondary N) is 1. The van der Waals surface area contributed by atoms with Gasteiger partial charge in [-0.1, -0.05) is 6.92 Å². The Morgan fingerprint density at radius 1 is 1.67 bits per heavy atom. The molecule has 4 nitrogen and oxygen atoms in total. The Morgan fingerprint density at radius 3 is 2.80 bits per heavy atom. The highest BCUT2D eigenvalue weighted by Crippen LogP contribution is 2.06. The first kappa shape index (κ1) is 14.7. The quantitative estimate of drug-likeness (QED) is 0.783. The van der Waals surface area contributed by atoms with E-state index in [-0.39, 0.29) is 24.4 Å². The molecule has 90 valence electrons. The van der Waals surface area contributed by atoms with Crippen molar-refractivity contribution < 1.29 is 9.53 Å². The number of halogens is 1. The zero-order valence-electron chi connectivity index (χ0n) is 9.66. The molecular weight excluding hydrogens is 216 g/mol.